The van der Waals surface area contributed by atoms with Gasteiger partial charge in [-0.15, -0.1) is 0 Å². The fourth-order valence-electron chi connectivity index (χ4n) is 3.59. The molecule has 1 N–H and O–H groups in total. The predicted octanol–water partition coefficient (Wildman–Crippen LogP) is 2.61. The molecular formula is C17H25NO2. The molecule has 1 aromatic rings. The number of rotatable bonds is 4. The first-order chi connectivity index (χ1) is 9.84. The van der Waals surface area contributed by atoms with E-state index >= 15 is 0 Å². The number of nitrogens with zero attached hydrogens (tertiary/aromatic N) is 1. The summed E-state index contributed by atoms with van der Waals surface area (Å²) in [5.41, 5.74) is 1.39. The molecule has 1 aromatic carbocycles. The molecule has 0 aromatic heterocycles. The Morgan fingerprint density at radius 1 is 1.15 bits per heavy atom. The van der Waals surface area contributed by atoms with Gasteiger partial charge in [0.2, 0.25) is 0 Å². The van der Waals surface area contributed by atoms with Crippen molar-refractivity contribution in [3.05, 3.63) is 35.9 Å². The number of aliphatic hydroxyl groups is 1. The molecule has 2 fully saturated rings. The molecule has 2 aliphatic heterocycles. The van der Waals surface area contributed by atoms with Crippen LogP contribution in [0.1, 0.15) is 37.3 Å². The van der Waals surface area contributed by atoms with Crippen LogP contribution in [0.4, 0.5) is 0 Å². The normalized spacial score (nSPS) is 26.8. The molecule has 2 heterocycles. The predicted molar refractivity (Wildman–Crippen MR) is 79.5 cm³/mol. The van der Waals surface area contributed by atoms with Crippen molar-refractivity contribution in [2.45, 2.75) is 37.8 Å². The average Bonchev–Trinajstić information content (AvgIpc) is 2.97. The first kappa shape index (κ1) is 14.1. The minimum atomic E-state index is -0.205. The first-order valence-corrected chi connectivity index (χ1v) is 7.89. The number of likely N-dealkylation sites (tertiary alicyclic amines) is 1. The molecule has 0 radical (unpaired) electrons. The summed E-state index contributed by atoms with van der Waals surface area (Å²) in [7, 11) is 0. The summed E-state index contributed by atoms with van der Waals surface area (Å²) in [5, 5.41) is 10.5. The standard InChI is InChI=1S/C17H25NO2/c19-17(15-8-11-20-12-9-15)13-18-10-4-7-16(18)14-5-2-1-3-6-14/h1-3,5-6,15-17,19H,4,7-13H2. The van der Waals surface area contributed by atoms with Crippen LogP contribution in [0.3, 0.4) is 0 Å². The molecule has 3 nitrogen and oxygen atoms in total. The van der Waals surface area contributed by atoms with Gasteiger partial charge in [0, 0.05) is 25.8 Å². The topological polar surface area (TPSA) is 32.7 Å². The lowest BCUT2D eigenvalue weighted by Crippen LogP contribution is -2.38. The van der Waals surface area contributed by atoms with Gasteiger partial charge in [0.15, 0.2) is 0 Å². The van der Waals surface area contributed by atoms with Crippen LogP contribution in [-0.4, -0.2) is 42.4 Å². The third-order valence-corrected chi connectivity index (χ3v) is 4.78. The minimum Gasteiger partial charge on any atom is -0.392 e. The molecule has 0 bridgehead atoms. The number of benzene rings is 1. The van der Waals surface area contributed by atoms with Gasteiger partial charge >= 0.3 is 0 Å². The van der Waals surface area contributed by atoms with Crippen molar-refractivity contribution in [3.8, 4) is 0 Å². The van der Waals surface area contributed by atoms with Gasteiger partial charge in [0.25, 0.3) is 0 Å². The Morgan fingerprint density at radius 3 is 2.65 bits per heavy atom. The smallest absolute Gasteiger partial charge is 0.0697 e. The van der Waals surface area contributed by atoms with Crippen molar-refractivity contribution in [1.29, 1.82) is 0 Å². The lowest BCUT2D eigenvalue weighted by atomic mass is 9.93. The third kappa shape index (κ3) is 3.22. The molecule has 2 atom stereocenters. The minimum absolute atomic E-state index is 0.205. The van der Waals surface area contributed by atoms with E-state index in [0.717, 1.165) is 39.1 Å². The highest BCUT2D eigenvalue weighted by Gasteiger charge is 2.30. The van der Waals surface area contributed by atoms with E-state index in [1.54, 1.807) is 0 Å². The van der Waals surface area contributed by atoms with E-state index in [1.165, 1.54) is 18.4 Å². The molecule has 0 spiro atoms. The molecule has 3 rings (SSSR count). The SMILES string of the molecule is OC(CN1CCCC1c1ccccc1)C1CCOCC1. The Kier molecular flexibility index (Phi) is 4.71. The lowest BCUT2D eigenvalue weighted by Gasteiger charge is -2.32. The van der Waals surface area contributed by atoms with E-state index in [-0.39, 0.29) is 6.10 Å². The van der Waals surface area contributed by atoms with Crippen LogP contribution in [-0.2, 0) is 4.74 Å². The summed E-state index contributed by atoms with van der Waals surface area (Å²) < 4.78 is 5.39. The molecule has 2 saturated heterocycles. The fourth-order valence-corrected chi connectivity index (χ4v) is 3.59. The van der Waals surface area contributed by atoms with E-state index in [0.29, 0.717) is 12.0 Å². The van der Waals surface area contributed by atoms with Crippen LogP contribution in [0.25, 0.3) is 0 Å². The summed E-state index contributed by atoms with van der Waals surface area (Å²) in [4.78, 5) is 2.47. The summed E-state index contributed by atoms with van der Waals surface area (Å²) in [6.45, 7) is 3.54. The van der Waals surface area contributed by atoms with Crippen molar-refractivity contribution in [1.82, 2.24) is 4.90 Å². The second-order valence-electron chi connectivity index (χ2n) is 6.08. The van der Waals surface area contributed by atoms with Gasteiger partial charge in [-0.2, -0.15) is 0 Å². The van der Waals surface area contributed by atoms with Crippen LogP contribution in [0, 0.1) is 5.92 Å². The summed E-state index contributed by atoms with van der Waals surface area (Å²) in [5.74, 6) is 0.417. The van der Waals surface area contributed by atoms with E-state index in [1.807, 2.05) is 0 Å². The van der Waals surface area contributed by atoms with Gasteiger partial charge in [-0.3, -0.25) is 4.90 Å². The maximum atomic E-state index is 10.5. The number of ether oxygens (including phenoxy) is 1. The van der Waals surface area contributed by atoms with Crippen molar-refractivity contribution in [2.75, 3.05) is 26.3 Å². The van der Waals surface area contributed by atoms with Gasteiger partial charge in [-0.05, 0) is 43.7 Å². The Balaban J connectivity index is 1.61. The van der Waals surface area contributed by atoms with Gasteiger partial charge in [-0.1, -0.05) is 30.3 Å². The summed E-state index contributed by atoms with van der Waals surface area (Å²) in [6.07, 6.45) is 4.25. The van der Waals surface area contributed by atoms with Gasteiger partial charge in [0.05, 0.1) is 6.10 Å². The number of hydrogen-bond donors (Lipinski definition) is 1. The Morgan fingerprint density at radius 2 is 1.90 bits per heavy atom. The number of hydrogen-bond acceptors (Lipinski definition) is 3. The van der Waals surface area contributed by atoms with Gasteiger partial charge in [-0.25, -0.2) is 0 Å². The number of β-amino-alcohol motifs (C(OH)–C–C–N with tert-alkyl or cyclic N) is 1. The summed E-state index contributed by atoms with van der Waals surface area (Å²) in [6, 6.07) is 11.2. The molecule has 2 aliphatic rings. The highest BCUT2D eigenvalue weighted by Crippen LogP contribution is 2.32. The molecule has 2 unspecified atom stereocenters. The van der Waals surface area contributed by atoms with Crippen molar-refractivity contribution in [3.63, 3.8) is 0 Å². The Hall–Kier alpha value is -0.900. The van der Waals surface area contributed by atoms with Gasteiger partial charge < -0.3 is 9.84 Å². The van der Waals surface area contributed by atoms with Crippen LogP contribution in [0.15, 0.2) is 30.3 Å². The van der Waals surface area contributed by atoms with Crippen molar-refractivity contribution >= 4 is 0 Å². The van der Waals surface area contributed by atoms with Gasteiger partial charge in [0.1, 0.15) is 0 Å². The average molecular weight is 275 g/mol. The van der Waals surface area contributed by atoms with E-state index in [4.69, 9.17) is 4.74 Å². The highest BCUT2D eigenvalue weighted by atomic mass is 16.5. The lowest BCUT2D eigenvalue weighted by molar-refractivity contribution is -0.00794. The second kappa shape index (κ2) is 6.70. The zero-order valence-corrected chi connectivity index (χ0v) is 12.1. The van der Waals surface area contributed by atoms with E-state index in [9.17, 15) is 5.11 Å². The van der Waals surface area contributed by atoms with Crippen molar-refractivity contribution in [2.24, 2.45) is 5.92 Å². The number of aliphatic hydroxyl groups excluding tert-OH is 1. The molecule has 3 heteroatoms. The maximum Gasteiger partial charge on any atom is 0.0697 e. The zero-order chi connectivity index (χ0) is 13.8. The first-order valence-electron chi connectivity index (χ1n) is 7.89. The molecule has 0 aliphatic carbocycles. The summed E-state index contributed by atoms with van der Waals surface area (Å²) >= 11 is 0. The van der Waals surface area contributed by atoms with Crippen LogP contribution >= 0.6 is 0 Å². The van der Waals surface area contributed by atoms with Crippen LogP contribution in [0.2, 0.25) is 0 Å². The second-order valence-corrected chi connectivity index (χ2v) is 6.08. The molecule has 20 heavy (non-hydrogen) atoms. The molecule has 0 saturated carbocycles. The van der Waals surface area contributed by atoms with Crippen LogP contribution < -0.4 is 0 Å². The quantitative estimate of drug-likeness (QED) is 0.917. The molecular weight excluding hydrogens is 250 g/mol. The van der Waals surface area contributed by atoms with E-state index in [2.05, 4.69) is 35.2 Å². The highest BCUT2D eigenvalue weighted by molar-refractivity contribution is 5.20. The molecule has 0 amide bonds. The van der Waals surface area contributed by atoms with Crippen LogP contribution in [0.5, 0.6) is 0 Å². The monoisotopic (exact) mass is 275 g/mol. The maximum absolute atomic E-state index is 10.5. The third-order valence-electron chi connectivity index (χ3n) is 4.78. The largest absolute Gasteiger partial charge is 0.392 e. The van der Waals surface area contributed by atoms with E-state index < -0.39 is 0 Å². The molecule has 110 valence electrons. The fraction of sp³-hybridized carbons (Fsp3) is 0.647. The Bertz CT molecular complexity index is 403. The Labute approximate surface area is 121 Å². The van der Waals surface area contributed by atoms with Crippen molar-refractivity contribution < 1.29 is 9.84 Å². The zero-order valence-electron chi connectivity index (χ0n) is 12.1.